The van der Waals surface area contributed by atoms with Gasteiger partial charge in [0.2, 0.25) is 0 Å². The second-order valence-corrected chi connectivity index (χ2v) is 22.6. The van der Waals surface area contributed by atoms with E-state index in [1.165, 1.54) is 6.92 Å². The fraction of sp³-hybridized carbons (Fsp3) is 0.450. The topological polar surface area (TPSA) is 0 Å². The molecule has 0 amide bonds. The van der Waals surface area contributed by atoms with Crippen molar-refractivity contribution in [3.8, 4) is 0 Å². The summed E-state index contributed by atoms with van der Waals surface area (Å²) in [5.74, 6) is -45.5. The number of halogens is 15. The van der Waals surface area contributed by atoms with Gasteiger partial charge in [0.25, 0.3) is 0 Å². The average molecular weight is 849 g/mol. The highest BCUT2D eigenvalue weighted by Crippen LogP contribution is 2.87. The van der Waals surface area contributed by atoms with Crippen LogP contribution in [0, 0.1) is 87.3 Å². The summed E-state index contributed by atoms with van der Waals surface area (Å²) in [6.07, 6.45) is -7.05. The Kier molecular flexibility index (Phi) is 13.6. The molecular formula is C40H41BF15P. The van der Waals surface area contributed by atoms with Crippen LogP contribution in [0.4, 0.5) is 65.9 Å². The molecule has 0 aliphatic rings. The standard InChI is InChI=1S/C40H41BF15P/c1-12-14-18(16-17-19(15-13-2)57(38(3,4)5,39(6,7)8)40(9,10)11)41(20-23(42)29(48)35(54)30(49)24(20)43,21-25(44)31(50)36(55)32(51)26(21)45)22-27(46)33(52)37(56)34(53)28(22)47/h12-15H2,1-11H3. The zero-order valence-corrected chi connectivity index (χ0v) is 33.9. The Morgan fingerprint density at radius 2 is 0.614 bits per heavy atom. The smallest absolute Gasteiger partial charge is 0.200 e. The number of hydrogen-bond acceptors (Lipinski definition) is 0. The Bertz CT molecular complexity index is 1920. The molecule has 0 saturated heterocycles. The predicted molar refractivity (Wildman–Crippen MR) is 193 cm³/mol. The normalized spacial score (nSPS) is 12.9. The van der Waals surface area contributed by atoms with Crippen LogP contribution in [-0.2, 0) is 0 Å². The van der Waals surface area contributed by atoms with E-state index >= 15 is 52.7 Å². The van der Waals surface area contributed by atoms with Gasteiger partial charge in [0, 0.05) is 6.42 Å². The molecule has 3 aromatic rings. The van der Waals surface area contributed by atoms with Gasteiger partial charge >= 0.3 is 0 Å². The van der Waals surface area contributed by atoms with Crippen LogP contribution in [-0.4, -0.2) is 21.6 Å². The van der Waals surface area contributed by atoms with E-state index in [9.17, 15) is 13.2 Å². The highest BCUT2D eigenvalue weighted by molar-refractivity contribution is 7.83. The molecule has 314 valence electrons. The minimum atomic E-state index is -5.93. The summed E-state index contributed by atoms with van der Waals surface area (Å²) in [6.45, 7) is 19.8. The molecule has 0 unspecified atom stereocenters. The molecule has 17 heteroatoms. The van der Waals surface area contributed by atoms with Gasteiger partial charge in [-0.3, -0.25) is 0 Å². The van der Waals surface area contributed by atoms with E-state index in [1.54, 1.807) is 6.92 Å². The van der Waals surface area contributed by atoms with E-state index in [4.69, 9.17) is 0 Å². The SMILES string of the molecule is CCCC(=C=C=C(CCC)[P+](C(C)(C)C)(C(C)(C)C)C(C)(C)C)[B-](c1c(F)c(F)c(F)c(F)c1F)(c1c(F)c(F)c(F)c(F)c1F)c1c(F)c(F)c(F)c(F)c1F. The van der Waals surface area contributed by atoms with Gasteiger partial charge in [0.1, 0.15) is 46.4 Å². The molecule has 0 bridgehead atoms. The summed E-state index contributed by atoms with van der Waals surface area (Å²) < 4.78 is 233. The average Bonchev–Trinajstić information content (AvgIpc) is 3.09. The molecule has 0 aliphatic heterocycles. The molecule has 0 nitrogen and oxygen atoms in total. The maximum Gasteiger partial charge on any atom is 0.200 e. The summed E-state index contributed by atoms with van der Waals surface area (Å²) in [5.41, 5.74) is -4.24. The number of rotatable bonds is 9. The lowest BCUT2D eigenvalue weighted by Crippen LogP contribution is -2.74. The molecule has 0 saturated carbocycles. The van der Waals surface area contributed by atoms with Gasteiger partial charge in [-0.1, -0.05) is 26.7 Å². The monoisotopic (exact) mass is 848 g/mol. The molecule has 3 aromatic carbocycles. The second-order valence-electron chi connectivity index (χ2n) is 16.7. The fourth-order valence-corrected chi connectivity index (χ4v) is 18.8. The molecular weight excluding hydrogens is 807 g/mol. The number of hydrogen-bond donors (Lipinski definition) is 0. The van der Waals surface area contributed by atoms with E-state index in [2.05, 4.69) is 11.5 Å². The lowest BCUT2D eigenvalue weighted by atomic mass is 9.11. The third-order valence-electron chi connectivity index (χ3n) is 10.4. The van der Waals surface area contributed by atoms with Crippen molar-refractivity contribution < 1.29 is 65.9 Å². The van der Waals surface area contributed by atoms with Crippen LogP contribution in [0.5, 0.6) is 0 Å². The zero-order chi connectivity index (χ0) is 44.3. The first-order valence-electron chi connectivity index (χ1n) is 17.8. The van der Waals surface area contributed by atoms with Crippen molar-refractivity contribution in [1.29, 1.82) is 0 Å². The summed E-state index contributed by atoms with van der Waals surface area (Å²) >= 11 is 0. The van der Waals surface area contributed by atoms with E-state index in [-0.39, 0.29) is 6.42 Å². The van der Waals surface area contributed by atoms with E-state index in [0.717, 1.165) is 0 Å². The molecule has 0 radical (unpaired) electrons. The van der Waals surface area contributed by atoms with Gasteiger partial charge in [-0.25, -0.2) is 65.9 Å². The lowest BCUT2D eigenvalue weighted by molar-refractivity contribution is 0.379. The van der Waals surface area contributed by atoms with Gasteiger partial charge in [-0.2, -0.15) is 5.47 Å². The van der Waals surface area contributed by atoms with Crippen LogP contribution in [0.2, 0.25) is 0 Å². The van der Waals surface area contributed by atoms with Crippen molar-refractivity contribution in [3.05, 3.63) is 110 Å². The highest BCUT2D eigenvalue weighted by atomic mass is 31.2. The van der Waals surface area contributed by atoms with Crippen molar-refractivity contribution in [1.82, 2.24) is 0 Å². The Morgan fingerprint density at radius 3 is 0.825 bits per heavy atom. The van der Waals surface area contributed by atoms with Crippen LogP contribution in [0.3, 0.4) is 0 Å². The molecule has 0 heterocycles. The third-order valence-corrected chi connectivity index (χ3v) is 17.5. The number of allylic oxidation sites excluding steroid dienone is 2. The minimum Gasteiger partial charge on any atom is -0.207 e. The summed E-state index contributed by atoms with van der Waals surface area (Å²) in [5, 5.41) is -1.73. The zero-order valence-electron chi connectivity index (χ0n) is 33.0. The van der Waals surface area contributed by atoms with Crippen LogP contribution < -0.4 is 16.4 Å². The molecule has 0 fully saturated rings. The Balaban J connectivity index is 3.25. The predicted octanol–water partition coefficient (Wildman–Crippen LogP) is 12.4. The molecule has 0 atom stereocenters. The summed E-state index contributed by atoms with van der Waals surface area (Å²) in [7, 11) is -2.86. The van der Waals surface area contributed by atoms with Crippen molar-refractivity contribution in [2.45, 2.75) is 117 Å². The summed E-state index contributed by atoms with van der Waals surface area (Å²) in [6, 6.07) is 0. The molecule has 0 spiro atoms. The van der Waals surface area contributed by atoms with E-state index in [0.29, 0.717) is 11.7 Å². The van der Waals surface area contributed by atoms with Gasteiger partial charge < -0.3 is 0 Å². The fourth-order valence-electron chi connectivity index (χ4n) is 9.56. The number of benzene rings is 3. The van der Waals surface area contributed by atoms with Gasteiger partial charge in [-0.15, -0.1) is 22.1 Å². The minimum absolute atomic E-state index is 0.0968. The Hall–Kier alpha value is -3.60. The molecule has 3 rings (SSSR count). The summed E-state index contributed by atoms with van der Waals surface area (Å²) in [4.78, 5) is 0. The third kappa shape index (κ3) is 7.16. The Labute approximate surface area is 322 Å². The maximum absolute atomic E-state index is 16.4. The van der Waals surface area contributed by atoms with Crippen LogP contribution in [0.1, 0.15) is 102 Å². The quantitative estimate of drug-likeness (QED) is 0.0503. The first-order chi connectivity index (χ1) is 25.9. The van der Waals surface area contributed by atoms with Crippen molar-refractivity contribution in [3.63, 3.8) is 0 Å². The first kappa shape index (κ1) is 47.8. The van der Waals surface area contributed by atoms with Gasteiger partial charge in [0.05, 0.1) is 22.7 Å². The van der Waals surface area contributed by atoms with Crippen molar-refractivity contribution in [2.24, 2.45) is 0 Å². The largest absolute Gasteiger partial charge is 0.207 e. The van der Waals surface area contributed by atoms with E-state index in [1.807, 2.05) is 62.3 Å². The van der Waals surface area contributed by atoms with Gasteiger partial charge in [0.15, 0.2) is 52.4 Å². The van der Waals surface area contributed by atoms with Crippen LogP contribution in [0.25, 0.3) is 0 Å². The highest BCUT2D eigenvalue weighted by Gasteiger charge is 2.67. The van der Waals surface area contributed by atoms with Crippen molar-refractivity contribution >= 4 is 29.8 Å². The molecule has 0 N–H and O–H groups in total. The van der Waals surface area contributed by atoms with Crippen LogP contribution >= 0.6 is 7.26 Å². The molecule has 0 aromatic heterocycles. The lowest BCUT2D eigenvalue weighted by Gasteiger charge is -2.54. The van der Waals surface area contributed by atoms with E-state index < -0.39 is 151 Å². The maximum atomic E-state index is 16.4. The molecule has 0 aliphatic carbocycles. The van der Waals surface area contributed by atoms with Crippen molar-refractivity contribution in [2.75, 3.05) is 0 Å². The Morgan fingerprint density at radius 1 is 0.386 bits per heavy atom. The van der Waals surface area contributed by atoms with Gasteiger partial charge in [-0.05, 0) is 74.5 Å². The first-order valence-corrected chi connectivity index (χ1v) is 19.5. The molecule has 57 heavy (non-hydrogen) atoms. The second kappa shape index (κ2) is 16.2. The van der Waals surface area contributed by atoms with Crippen LogP contribution in [0.15, 0.2) is 22.2 Å².